The van der Waals surface area contributed by atoms with Crippen molar-refractivity contribution in [2.45, 2.75) is 13.8 Å². The van der Waals surface area contributed by atoms with Gasteiger partial charge in [-0.3, -0.25) is 0 Å². The van der Waals surface area contributed by atoms with E-state index < -0.39 is 0 Å². The van der Waals surface area contributed by atoms with Crippen LogP contribution in [0.1, 0.15) is 11.1 Å². The highest BCUT2D eigenvalue weighted by molar-refractivity contribution is 5.85. The van der Waals surface area contributed by atoms with Crippen LogP contribution in [0.15, 0.2) is 48.8 Å². The van der Waals surface area contributed by atoms with Crippen molar-refractivity contribution in [2.75, 3.05) is 36.5 Å². The lowest BCUT2D eigenvalue weighted by atomic mass is 10.1. The molecular formula is C20H23N5O. The summed E-state index contributed by atoms with van der Waals surface area (Å²) in [7, 11) is 0. The largest absolute Gasteiger partial charge is 0.368 e. The summed E-state index contributed by atoms with van der Waals surface area (Å²) < 4.78 is 1.69. The van der Waals surface area contributed by atoms with Crippen molar-refractivity contribution in [3.05, 3.63) is 59.9 Å². The van der Waals surface area contributed by atoms with Gasteiger partial charge in [-0.1, -0.05) is 24.3 Å². The number of para-hydroxylation sites is 2. The zero-order chi connectivity index (χ0) is 18.1. The maximum Gasteiger partial charge on any atom is 0.336 e. The number of nitrogens with one attached hydrogen (secondary N) is 1. The second-order valence-corrected chi connectivity index (χ2v) is 6.71. The highest BCUT2D eigenvalue weighted by Crippen LogP contribution is 2.24. The van der Waals surface area contributed by atoms with E-state index in [1.807, 2.05) is 29.2 Å². The number of imidazole rings is 1. The Morgan fingerprint density at radius 3 is 2.58 bits per heavy atom. The molecule has 4 rings (SSSR count). The summed E-state index contributed by atoms with van der Waals surface area (Å²) in [6, 6.07) is 14.1. The fourth-order valence-corrected chi connectivity index (χ4v) is 3.45. The van der Waals surface area contributed by atoms with E-state index >= 15 is 0 Å². The summed E-state index contributed by atoms with van der Waals surface area (Å²) in [6.07, 6.45) is 1.65. The number of aryl methyl sites for hydroxylation is 1. The van der Waals surface area contributed by atoms with Crippen molar-refractivity contribution in [3.63, 3.8) is 0 Å². The molecule has 26 heavy (non-hydrogen) atoms. The van der Waals surface area contributed by atoms with Crippen molar-refractivity contribution in [1.29, 1.82) is 0 Å². The highest BCUT2D eigenvalue weighted by Gasteiger charge is 2.22. The minimum absolute atomic E-state index is 0.0891. The van der Waals surface area contributed by atoms with E-state index in [0.717, 1.165) is 24.1 Å². The molecule has 1 aromatic heterocycles. The van der Waals surface area contributed by atoms with Crippen molar-refractivity contribution in [1.82, 2.24) is 14.6 Å². The van der Waals surface area contributed by atoms with Gasteiger partial charge in [0.2, 0.25) is 0 Å². The summed E-state index contributed by atoms with van der Waals surface area (Å²) in [4.78, 5) is 21.1. The third-order valence-corrected chi connectivity index (χ3v) is 5.15. The summed E-state index contributed by atoms with van der Waals surface area (Å²) >= 11 is 0. The van der Waals surface area contributed by atoms with Gasteiger partial charge in [0.1, 0.15) is 6.33 Å². The van der Waals surface area contributed by atoms with Gasteiger partial charge in [-0.25, -0.2) is 19.9 Å². The Balaban J connectivity index is 1.41. The van der Waals surface area contributed by atoms with Crippen LogP contribution in [-0.4, -0.2) is 46.8 Å². The van der Waals surface area contributed by atoms with E-state index in [9.17, 15) is 4.79 Å². The lowest BCUT2D eigenvalue weighted by Gasteiger charge is -2.37. The number of hydrogen-bond donors (Lipinski definition) is 1. The molecule has 0 radical (unpaired) electrons. The first-order valence-electron chi connectivity index (χ1n) is 8.92. The second kappa shape index (κ2) is 6.71. The van der Waals surface area contributed by atoms with Gasteiger partial charge in [0.25, 0.3) is 0 Å². The smallest absolute Gasteiger partial charge is 0.336 e. The Kier molecular flexibility index (Phi) is 4.24. The number of rotatable bonds is 2. The van der Waals surface area contributed by atoms with Gasteiger partial charge in [-0.2, -0.15) is 0 Å². The maximum absolute atomic E-state index is 12.6. The number of fused-ring (bicyclic) bond motifs is 1. The predicted octanol–water partition coefficient (Wildman–Crippen LogP) is 3.14. The number of benzene rings is 2. The average molecular weight is 349 g/mol. The van der Waals surface area contributed by atoms with Crippen molar-refractivity contribution < 1.29 is 4.79 Å². The number of aromatic nitrogens is 2. The maximum atomic E-state index is 12.6. The van der Waals surface area contributed by atoms with Gasteiger partial charge in [-0.05, 0) is 43.2 Å². The van der Waals surface area contributed by atoms with Gasteiger partial charge < -0.3 is 9.80 Å². The number of nitrogens with zero attached hydrogens (tertiary/aromatic N) is 4. The molecule has 2 amide bonds. The molecule has 1 N–H and O–H groups in total. The van der Waals surface area contributed by atoms with Crippen LogP contribution in [0, 0.1) is 13.8 Å². The fraction of sp³-hybridized carbons (Fsp3) is 0.300. The number of carbonyl (C=O) groups is 1. The minimum atomic E-state index is -0.0891. The average Bonchev–Trinajstić information content (AvgIpc) is 3.07. The van der Waals surface area contributed by atoms with Gasteiger partial charge in [0, 0.05) is 31.9 Å². The van der Waals surface area contributed by atoms with Crippen LogP contribution in [0.3, 0.4) is 0 Å². The van der Waals surface area contributed by atoms with Crippen molar-refractivity contribution >= 4 is 22.8 Å². The van der Waals surface area contributed by atoms with Crippen LogP contribution in [0.4, 0.5) is 10.5 Å². The van der Waals surface area contributed by atoms with Crippen LogP contribution < -0.4 is 10.3 Å². The first kappa shape index (κ1) is 16.4. The topological polar surface area (TPSA) is 53.4 Å². The monoisotopic (exact) mass is 349 g/mol. The molecule has 3 aromatic rings. The molecule has 2 aromatic carbocycles. The molecule has 6 heteroatoms. The minimum Gasteiger partial charge on any atom is -0.368 e. The zero-order valence-corrected chi connectivity index (χ0v) is 15.1. The normalized spacial score (nSPS) is 14.7. The van der Waals surface area contributed by atoms with E-state index in [0.29, 0.717) is 13.1 Å². The number of amides is 2. The molecule has 0 bridgehead atoms. The van der Waals surface area contributed by atoms with Crippen molar-refractivity contribution in [2.24, 2.45) is 0 Å². The molecule has 1 fully saturated rings. The molecule has 0 aliphatic carbocycles. The van der Waals surface area contributed by atoms with Gasteiger partial charge in [0.05, 0.1) is 11.0 Å². The molecule has 1 aliphatic heterocycles. The van der Waals surface area contributed by atoms with Gasteiger partial charge >= 0.3 is 6.03 Å². The SMILES string of the molecule is Cc1cccc(N2CCN(C(=O)Nn3cnc4ccccc43)CC2)c1C. The van der Waals surface area contributed by atoms with Crippen molar-refractivity contribution in [3.8, 4) is 0 Å². The lowest BCUT2D eigenvalue weighted by Crippen LogP contribution is -2.51. The molecular weight excluding hydrogens is 326 g/mol. The number of hydrogen-bond acceptors (Lipinski definition) is 3. The second-order valence-electron chi connectivity index (χ2n) is 6.71. The molecule has 2 heterocycles. The van der Waals surface area contributed by atoms with E-state index in [4.69, 9.17) is 0 Å². The van der Waals surface area contributed by atoms with E-state index in [-0.39, 0.29) is 6.03 Å². The first-order valence-corrected chi connectivity index (χ1v) is 8.92. The van der Waals surface area contributed by atoms with Gasteiger partial charge in [0.15, 0.2) is 0 Å². The first-order chi connectivity index (χ1) is 12.6. The van der Waals surface area contributed by atoms with Crippen LogP contribution in [0.2, 0.25) is 0 Å². The molecule has 1 aliphatic rings. The Morgan fingerprint density at radius 2 is 1.77 bits per heavy atom. The molecule has 0 unspecified atom stereocenters. The molecule has 6 nitrogen and oxygen atoms in total. The molecule has 0 atom stereocenters. The molecule has 134 valence electrons. The van der Waals surface area contributed by atoms with E-state index in [2.05, 4.69) is 47.4 Å². The summed E-state index contributed by atoms with van der Waals surface area (Å²) in [5, 5.41) is 0. The third-order valence-electron chi connectivity index (χ3n) is 5.15. The highest BCUT2D eigenvalue weighted by atomic mass is 16.2. The predicted molar refractivity (Wildman–Crippen MR) is 104 cm³/mol. The Hall–Kier alpha value is -3.02. The number of piperazine rings is 1. The Bertz CT molecular complexity index is 940. The van der Waals surface area contributed by atoms with E-state index in [1.54, 1.807) is 11.0 Å². The molecule has 1 saturated heterocycles. The summed E-state index contributed by atoms with van der Waals surface area (Å²) in [5.41, 5.74) is 8.58. The molecule has 0 saturated carbocycles. The quantitative estimate of drug-likeness (QED) is 0.773. The van der Waals surface area contributed by atoms with Crippen LogP contribution >= 0.6 is 0 Å². The zero-order valence-electron chi connectivity index (χ0n) is 15.1. The van der Waals surface area contributed by atoms with Crippen LogP contribution in [0.25, 0.3) is 11.0 Å². The summed E-state index contributed by atoms with van der Waals surface area (Å²) in [6.45, 7) is 7.37. The Morgan fingerprint density at radius 1 is 1.00 bits per heavy atom. The van der Waals surface area contributed by atoms with Gasteiger partial charge in [-0.15, -0.1) is 0 Å². The fourth-order valence-electron chi connectivity index (χ4n) is 3.45. The van der Waals surface area contributed by atoms with Crippen LogP contribution in [-0.2, 0) is 0 Å². The Labute approximate surface area is 153 Å². The van der Waals surface area contributed by atoms with Crippen LogP contribution in [0.5, 0.6) is 0 Å². The number of carbonyl (C=O) groups excluding carboxylic acids is 1. The summed E-state index contributed by atoms with van der Waals surface area (Å²) in [5.74, 6) is 0. The number of anilines is 1. The standard InChI is InChI=1S/C20H23N5O/c1-15-6-5-9-18(16(15)2)23-10-12-24(13-11-23)20(26)22-25-14-21-17-7-3-4-8-19(17)25/h3-9,14H,10-13H2,1-2H3,(H,22,26). The third kappa shape index (κ3) is 2.98. The van der Waals surface area contributed by atoms with E-state index in [1.165, 1.54) is 16.8 Å². The lowest BCUT2D eigenvalue weighted by molar-refractivity contribution is 0.205. The number of urea groups is 1. The molecule has 0 spiro atoms.